The van der Waals surface area contributed by atoms with Gasteiger partial charge in [-0.15, -0.1) is 11.8 Å². The van der Waals surface area contributed by atoms with E-state index in [1.165, 1.54) is 4.90 Å². The molecule has 0 aliphatic carbocycles. The van der Waals surface area contributed by atoms with Crippen molar-refractivity contribution in [2.24, 2.45) is 0 Å². The first-order chi connectivity index (χ1) is 14.4. The Hall–Kier alpha value is -3.01. The molecule has 2 aromatic rings. The van der Waals surface area contributed by atoms with Gasteiger partial charge >= 0.3 is 5.97 Å². The molecule has 162 valence electrons. The van der Waals surface area contributed by atoms with Crippen LogP contribution in [0.3, 0.4) is 0 Å². The average Bonchev–Trinajstić information content (AvgIpc) is 3.12. The lowest BCUT2D eigenvalue weighted by molar-refractivity contribution is -0.149. The number of thioether (sulfide) groups is 1. The highest BCUT2D eigenvalue weighted by molar-refractivity contribution is 8.00. The van der Waals surface area contributed by atoms with Crippen LogP contribution in [0.5, 0.6) is 5.75 Å². The SMILES string of the molecule is CCOc1ccc(CN(C)C(=O)COC(=O)CSCC(=O)Nc2cc(C)on2)cc1. The van der Waals surface area contributed by atoms with Crippen LogP contribution < -0.4 is 10.1 Å². The highest BCUT2D eigenvalue weighted by atomic mass is 32.2. The summed E-state index contributed by atoms with van der Waals surface area (Å²) < 4.78 is 15.2. The zero-order valence-corrected chi connectivity index (χ0v) is 18.0. The molecule has 0 spiro atoms. The van der Waals surface area contributed by atoms with Crippen LogP contribution in [0.1, 0.15) is 18.2 Å². The minimum absolute atomic E-state index is 0.0405. The third-order valence-corrected chi connectivity index (χ3v) is 4.69. The smallest absolute Gasteiger partial charge is 0.316 e. The van der Waals surface area contributed by atoms with E-state index in [4.69, 9.17) is 14.0 Å². The minimum atomic E-state index is -0.562. The molecule has 0 saturated carbocycles. The van der Waals surface area contributed by atoms with Gasteiger partial charge in [-0.1, -0.05) is 17.3 Å². The fourth-order valence-corrected chi connectivity index (χ4v) is 2.95. The van der Waals surface area contributed by atoms with Crippen molar-refractivity contribution in [3.8, 4) is 5.75 Å². The van der Waals surface area contributed by atoms with Crippen LogP contribution >= 0.6 is 11.8 Å². The molecular weight excluding hydrogens is 410 g/mol. The number of nitrogens with zero attached hydrogens (tertiary/aromatic N) is 2. The molecule has 10 heteroatoms. The molecule has 0 aliphatic rings. The molecule has 1 heterocycles. The minimum Gasteiger partial charge on any atom is -0.494 e. The molecule has 0 unspecified atom stereocenters. The summed E-state index contributed by atoms with van der Waals surface area (Å²) in [7, 11) is 1.64. The van der Waals surface area contributed by atoms with E-state index < -0.39 is 5.97 Å². The van der Waals surface area contributed by atoms with E-state index >= 15 is 0 Å². The van der Waals surface area contributed by atoms with Gasteiger partial charge in [-0.3, -0.25) is 14.4 Å². The lowest BCUT2D eigenvalue weighted by Crippen LogP contribution is -2.31. The highest BCUT2D eigenvalue weighted by Crippen LogP contribution is 2.13. The number of carbonyl (C=O) groups is 3. The van der Waals surface area contributed by atoms with Crippen molar-refractivity contribution in [2.75, 3.05) is 37.1 Å². The van der Waals surface area contributed by atoms with E-state index in [9.17, 15) is 14.4 Å². The van der Waals surface area contributed by atoms with Gasteiger partial charge in [0.25, 0.3) is 5.91 Å². The number of hydrogen-bond donors (Lipinski definition) is 1. The van der Waals surface area contributed by atoms with Gasteiger partial charge < -0.3 is 24.2 Å². The lowest BCUT2D eigenvalue weighted by atomic mass is 10.2. The zero-order chi connectivity index (χ0) is 21.9. The van der Waals surface area contributed by atoms with Gasteiger partial charge in [-0.2, -0.15) is 0 Å². The third-order valence-electron chi connectivity index (χ3n) is 3.79. The largest absolute Gasteiger partial charge is 0.494 e. The normalized spacial score (nSPS) is 10.4. The van der Waals surface area contributed by atoms with E-state index in [1.54, 1.807) is 20.0 Å². The van der Waals surface area contributed by atoms with Crippen molar-refractivity contribution in [3.63, 3.8) is 0 Å². The van der Waals surface area contributed by atoms with Gasteiger partial charge in [0.2, 0.25) is 5.91 Å². The first-order valence-electron chi connectivity index (χ1n) is 9.29. The summed E-state index contributed by atoms with van der Waals surface area (Å²) in [5.41, 5.74) is 0.935. The van der Waals surface area contributed by atoms with Gasteiger partial charge in [0.05, 0.1) is 18.1 Å². The second-order valence-corrected chi connectivity index (χ2v) is 7.34. The maximum Gasteiger partial charge on any atom is 0.316 e. The molecule has 0 fully saturated rings. The Morgan fingerprint density at radius 3 is 2.57 bits per heavy atom. The van der Waals surface area contributed by atoms with E-state index in [1.807, 2.05) is 31.2 Å². The Morgan fingerprint density at radius 1 is 1.20 bits per heavy atom. The summed E-state index contributed by atoms with van der Waals surface area (Å²) in [6, 6.07) is 9.03. The second-order valence-electron chi connectivity index (χ2n) is 6.35. The maximum atomic E-state index is 12.1. The first kappa shape index (κ1) is 23.3. The molecule has 0 radical (unpaired) electrons. The van der Waals surface area contributed by atoms with Crippen LogP contribution in [-0.2, 0) is 25.7 Å². The van der Waals surface area contributed by atoms with Crippen molar-refractivity contribution in [2.45, 2.75) is 20.4 Å². The van der Waals surface area contributed by atoms with Crippen LogP contribution in [0, 0.1) is 6.92 Å². The monoisotopic (exact) mass is 435 g/mol. The van der Waals surface area contributed by atoms with E-state index in [-0.39, 0.29) is 29.9 Å². The number of nitrogens with one attached hydrogen (secondary N) is 1. The van der Waals surface area contributed by atoms with Crippen molar-refractivity contribution in [1.29, 1.82) is 0 Å². The van der Waals surface area contributed by atoms with Crippen molar-refractivity contribution in [1.82, 2.24) is 10.1 Å². The molecule has 30 heavy (non-hydrogen) atoms. The summed E-state index contributed by atoms with van der Waals surface area (Å²) in [6.07, 6.45) is 0. The number of aryl methyl sites for hydroxylation is 1. The summed E-state index contributed by atoms with van der Waals surface area (Å²) in [5, 5.41) is 6.20. The Morgan fingerprint density at radius 2 is 1.93 bits per heavy atom. The molecule has 0 saturated heterocycles. The molecule has 0 bridgehead atoms. The number of hydrogen-bond acceptors (Lipinski definition) is 8. The summed E-state index contributed by atoms with van der Waals surface area (Å²) in [4.78, 5) is 37.2. The van der Waals surface area contributed by atoms with Crippen LogP contribution in [0.4, 0.5) is 5.82 Å². The quantitative estimate of drug-likeness (QED) is 0.535. The fourth-order valence-electron chi connectivity index (χ4n) is 2.35. The van der Waals surface area contributed by atoms with Gasteiger partial charge in [0.1, 0.15) is 11.5 Å². The van der Waals surface area contributed by atoms with Gasteiger partial charge in [-0.05, 0) is 31.5 Å². The standard InChI is InChI=1S/C20H25N3O6S/c1-4-27-16-7-5-15(6-8-16)10-23(3)19(25)11-28-20(26)13-30-12-18(24)21-17-9-14(2)29-22-17/h5-9H,4,10-13H2,1-3H3,(H,21,22,24). The third kappa shape index (κ3) is 8.16. The first-order valence-corrected chi connectivity index (χ1v) is 10.4. The fraction of sp³-hybridized carbons (Fsp3) is 0.400. The lowest BCUT2D eigenvalue weighted by Gasteiger charge is -2.17. The molecule has 2 amide bonds. The van der Waals surface area contributed by atoms with Crippen molar-refractivity contribution < 1.29 is 28.4 Å². The molecule has 2 rings (SSSR count). The molecule has 0 aliphatic heterocycles. The van der Waals surface area contributed by atoms with Crippen molar-refractivity contribution in [3.05, 3.63) is 41.7 Å². The summed E-state index contributed by atoms with van der Waals surface area (Å²) >= 11 is 1.08. The predicted octanol–water partition coefficient (Wildman–Crippen LogP) is 2.26. The van der Waals surface area contributed by atoms with Crippen molar-refractivity contribution >= 4 is 35.4 Å². The summed E-state index contributed by atoms with van der Waals surface area (Å²) in [5.74, 6) is 0.488. The van der Waals surface area contributed by atoms with Gasteiger partial charge in [0, 0.05) is 19.7 Å². The number of anilines is 1. The Kier molecular flexibility index (Phi) is 9.20. The number of ether oxygens (including phenoxy) is 2. The Balaban J connectivity index is 1.63. The van der Waals surface area contributed by atoms with Gasteiger partial charge in [0.15, 0.2) is 12.4 Å². The topological polar surface area (TPSA) is 111 Å². The number of amides is 2. The predicted molar refractivity (Wildman–Crippen MR) is 112 cm³/mol. The molecular formula is C20H25N3O6S. The van der Waals surface area contributed by atoms with Crippen LogP contribution in [0.15, 0.2) is 34.9 Å². The highest BCUT2D eigenvalue weighted by Gasteiger charge is 2.14. The van der Waals surface area contributed by atoms with Crippen LogP contribution in [-0.4, -0.2) is 59.6 Å². The van der Waals surface area contributed by atoms with E-state index in [2.05, 4.69) is 10.5 Å². The molecule has 1 aromatic heterocycles. The number of aromatic nitrogens is 1. The van der Waals surface area contributed by atoms with E-state index in [0.717, 1.165) is 23.1 Å². The number of carbonyl (C=O) groups excluding carboxylic acids is 3. The summed E-state index contributed by atoms with van der Waals surface area (Å²) in [6.45, 7) is 4.25. The Labute approximate surface area is 179 Å². The molecule has 1 N–H and O–H groups in total. The number of likely N-dealkylation sites (N-methyl/N-ethyl adjacent to an activating group) is 1. The zero-order valence-electron chi connectivity index (χ0n) is 17.2. The molecule has 9 nitrogen and oxygen atoms in total. The second kappa shape index (κ2) is 11.9. The average molecular weight is 436 g/mol. The van der Waals surface area contributed by atoms with Gasteiger partial charge in [-0.25, -0.2) is 0 Å². The number of esters is 1. The maximum absolute atomic E-state index is 12.1. The Bertz CT molecular complexity index is 852. The number of benzene rings is 1. The molecule has 0 atom stereocenters. The number of rotatable bonds is 11. The molecule has 1 aromatic carbocycles. The van der Waals surface area contributed by atoms with Crippen LogP contribution in [0.2, 0.25) is 0 Å². The van der Waals surface area contributed by atoms with Crippen LogP contribution in [0.25, 0.3) is 0 Å². The van der Waals surface area contributed by atoms with E-state index in [0.29, 0.717) is 24.7 Å².